The number of hydrogen-bond donors (Lipinski definition) is 1. The molecule has 2 aromatic rings. The topological polar surface area (TPSA) is 50.7 Å². The number of H-pyrrole nitrogens is 1. The van der Waals surface area contributed by atoms with Crippen LogP contribution < -0.4 is 0 Å². The molecule has 0 radical (unpaired) electrons. The molecule has 0 saturated carbocycles. The van der Waals surface area contributed by atoms with Crippen molar-refractivity contribution in [2.75, 3.05) is 0 Å². The predicted molar refractivity (Wildman–Crippen MR) is 61.7 cm³/mol. The molecule has 0 atom stereocenters. The van der Waals surface area contributed by atoms with Crippen molar-refractivity contribution in [3.05, 3.63) is 40.5 Å². The Kier molecular flexibility index (Phi) is 2.64. The maximum atomic E-state index is 10.8. The number of nitrogens with zero attached hydrogens (tertiary/aromatic N) is 2. The maximum absolute atomic E-state index is 10.8. The Hall–Kier alpha value is -1.84. The molecule has 0 amide bonds. The van der Waals surface area contributed by atoms with Gasteiger partial charge >= 0.3 is 0 Å². The second-order valence-corrected chi connectivity index (χ2v) is 4.05. The van der Waals surface area contributed by atoms with Gasteiger partial charge in [-0.25, -0.2) is 0 Å². The highest BCUT2D eigenvalue weighted by molar-refractivity contribution is 5.77. The molecule has 2 rings (SSSR count). The summed E-state index contributed by atoms with van der Waals surface area (Å²) >= 11 is 0. The van der Waals surface area contributed by atoms with Crippen molar-refractivity contribution in [2.45, 2.75) is 27.3 Å². The van der Waals surface area contributed by atoms with Gasteiger partial charge in [-0.15, -0.1) is 0 Å². The van der Waals surface area contributed by atoms with Crippen molar-refractivity contribution in [3.63, 3.8) is 0 Å². The number of rotatable bonds is 3. The van der Waals surface area contributed by atoms with E-state index in [1.54, 1.807) is 0 Å². The summed E-state index contributed by atoms with van der Waals surface area (Å²) in [5.74, 6) is 0. The van der Waals surface area contributed by atoms with Crippen LogP contribution in [0.4, 0.5) is 0 Å². The SMILES string of the molecule is Cc1[nH]ncc1Cn1c(C)cc(C=O)c1C. The number of nitrogens with one attached hydrogen (secondary N) is 1. The first kappa shape index (κ1) is 10.7. The van der Waals surface area contributed by atoms with Gasteiger partial charge in [-0.1, -0.05) is 0 Å². The number of carbonyl (C=O) groups excluding carboxylic acids is 1. The molecular formula is C12H15N3O. The molecule has 0 aliphatic rings. The van der Waals surface area contributed by atoms with E-state index in [2.05, 4.69) is 14.8 Å². The molecule has 0 unspecified atom stereocenters. The van der Waals surface area contributed by atoms with Gasteiger partial charge < -0.3 is 4.57 Å². The number of hydrogen-bond acceptors (Lipinski definition) is 2. The Morgan fingerprint density at radius 2 is 2.19 bits per heavy atom. The van der Waals surface area contributed by atoms with E-state index >= 15 is 0 Å². The van der Waals surface area contributed by atoms with Crippen LogP contribution in [0.1, 0.15) is 33.0 Å². The minimum atomic E-state index is 0.758. The van der Waals surface area contributed by atoms with Crippen LogP contribution in [0.2, 0.25) is 0 Å². The summed E-state index contributed by atoms with van der Waals surface area (Å²) in [6.45, 7) is 6.73. The third kappa shape index (κ3) is 1.66. The van der Waals surface area contributed by atoms with E-state index in [1.807, 2.05) is 33.0 Å². The van der Waals surface area contributed by atoms with Crippen molar-refractivity contribution in [2.24, 2.45) is 0 Å². The third-order valence-corrected chi connectivity index (χ3v) is 3.00. The lowest BCUT2D eigenvalue weighted by atomic mass is 10.2. The molecule has 0 aliphatic heterocycles. The molecule has 0 aliphatic carbocycles. The van der Waals surface area contributed by atoms with Crippen LogP contribution >= 0.6 is 0 Å². The van der Waals surface area contributed by atoms with Crippen LogP contribution in [0.5, 0.6) is 0 Å². The molecule has 16 heavy (non-hydrogen) atoms. The Bertz CT molecular complexity index is 522. The third-order valence-electron chi connectivity index (χ3n) is 3.00. The number of aldehydes is 1. The molecule has 0 spiro atoms. The molecule has 0 aromatic carbocycles. The molecule has 0 fully saturated rings. The second-order valence-electron chi connectivity index (χ2n) is 4.05. The Balaban J connectivity index is 2.38. The Morgan fingerprint density at radius 3 is 2.69 bits per heavy atom. The van der Waals surface area contributed by atoms with E-state index in [0.29, 0.717) is 0 Å². The van der Waals surface area contributed by atoms with E-state index in [-0.39, 0.29) is 0 Å². The van der Waals surface area contributed by atoms with Crippen LogP contribution in [0, 0.1) is 20.8 Å². The van der Waals surface area contributed by atoms with Gasteiger partial charge in [0.25, 0.3) is 0 Å². The summed E-state index contributed by atoms with van der Waals surface area (Å²) < 4.78 is 2.13. The highest BCUT2D eigenvalue weighted by atomic mass is 16.1. The first-order valence-corrected chi connectivity index (χ1v) is 5.24. The largest absolute Gasteiger partial charge is 0.344 e. The highest BCUT2D eigenvalue weighted by Crippen LogP contribution is 2.16. The average Bonchev–Trinajstić information content (AvgIpc) is 2.77. The minimum absolute atomic E-state index is 0.758. The highest BCUT2D eigenvalue weighted by Gasteiger charge is 2.10. The Labute approximate surface area is 94.3 Å². The summed E-state index contributed by atoms with van der Waals surface area (Å²) in [7, 11) is 0. The van der Waals surface area contributed by atoms with Crippen LogP contribution in [0.15, 0.2) is 12.3 Å². The molecule has 1 N–H and O–H groups in total. The molecular weight excluding hydrogens is 202 g/mol. The fourth-order valence-corrected chi connectivity index (χ4v) is 1.90. The normalized spacial score (nSPS) is 10.7. The number of aromatic amines is 1. The van der Waals surface area contributed by atoms with Crippen molar-refractivity contribution in [1.29, 1.82) is 0 Å². The van der Waals surface area contributed by atoms with Crippen LogP contribution in [-0.2, 0) is 6.54 Å². The molecule has 84 valence electrons. The number of carbonyl (C=O) groups is 1. The molecule has 0 bridgehead atoms. The van der Waals surface area contributed by atoms with Gasteiger partial charge in [0.1, 0.15) is 0 Å². The van der Waals surface area contributed by atoms with Crippen LogP contribution in [0.25, 0.3) is 0 Å². The van der Waals surface area contributed by atoms with E-state index in [4.69, 9.17) is 0 Å². The summed E-state index contributed by atoms with van der Waals surface area (Å²) in [5.41, 5.74) is 5.09. The van der Waals surface area contributed by atoms with E-state index in [0.717, 1.165) is 41.0 Å². The minimum Gasteiger partial charge on any atom is -0.344 e. The molecule has 4 heteroatoms. The lowest BCUT2D eigenvalue weighted by Gasteiger charge is -2.08. The lowest BCUT2D eigenvalue weighted by Crippen LogP contribution is -2.04. The lowest BCUT2D eigenvalue weighted by molar-refractivity contribution is 0.112. The first-order chi connectivity index (χ1) is 7.63. The van der Waals surface area contributed by atoms with Crippen molar-refractivity contribution in [1.82, 2.24) is 14.8 Å². The zero-order chi connectivity index (χ0) is 11.7. The van der Waals surface area contributed by atoms with Crippen molar-refractivity contribution >= 4 is 6.29 Å². The average molecular weight is 217 g/mol. The number of aromatic nitrogens is 3. The van der Waals surface area contributed by atoms with Gasteiger partial charge in [-0.2, -0.15) is 5.10 Å². The van der Waals surface area contributed by atoms with Crippen LogP contribution in [0.3, 0.4) is 0 Å². The van der Waals surface area contributed by atoms with Gasteiger partial charge in [0.15, 0.2) is 6.29 Å². The number of aryl methyl sites for hydroxylation is 2. The predicted octanol–water partition coefficient (Wildman–Crippen LogP) is 2.00. The smallest absolute Gasteiger partial charge is 0.151 e. The van der Waals surface area contributed by atoms with Gasteiger partial charge in [-0.05, 0) is 26.8 Å². The molecule has 2 heterocycles. The van der Waals surface area contributed by atoms with Crippen molar-refractivity contribution < 1.29 is 4.79 Å². The second kappa shape index (κ2) is 3.96. The summed E-state index contributed by atoms with van der Waals surface area (Å²) in [6, 6.07) is 1.91. The van der Waals surface area contributed by atoms with E-state index < -0.39 is 0 Å². The zero-order valence-corrected chi connectivity index (χ0v) is 9.74. The van der Waals surface area contributed by atoms with Crippen molar-refractivity contribution in [3.8, 4) is 0 Å². The standard InChI is InChI=1S/C12H15N3O/c1-8-4-11(7-16)10(3)15(8)6-12-5-13-14-9(12)2/h4-5,7H,6H2,1-3H3,(H,13,14). The zero-order valence-electron chi connectivity index (χ0n) is 9.74. The van der Waals surface area contributed by atoms with Crippen LogP contribution in [-0.4, -0.2) is 21.1 Å². The fourth-order valence-electron chi connectivity index (χ4n) is 1.90. The molecule has 2 aromatic heterocycles. The quantitative estimate of drug-likeness (QED) is 0.799. The summed E-state index contributed by atoms with van der Waals surface area (Å²) in [5, 5.41) is 6.91. The van der Waals surface area contributed by atoms with E-state index in [9.17, 15) is 4.79 Å². The fraction of sp³-hybridized carbons (Fsp3) is 0.333. The maximum Gasteiger partial charge on any atom is 0.151 e. The summed E-state index contributed by atoms with van der Waals surface area (Å²) in [4.78, 5) is 10.8. The van der Waals surface area contributed by atoms with Gasteiger partial charge in [-0.3, -0.25) is 9.89 Å². The molecule has 4 nitrogen and oxygen atoms in total. The van der Waals surface area contributed by atoms with Gasteiger partial charge in [0.05, 0.1) is 12.7 Å². The van der Waals surface area contributed by atoms with E-state index in [1.165, 1.54) is 0 Å². The Morgan fingerprint density at radius 1 is 1.44 bits per heavy atom. The van der Waals surface area contributed by atoms with Gasteiger partial charge in [0, 0.05) is 28.2 Å². The first-order valence-electron chi connectivity index (χ1n) is 5.24. The monoisotopic (exact) mass is 217 g/mol. The van der Waals surface area contributed by atoms with Gasteiger partial charge in [0.2, 0.25) is 0 Å². The summed E-state index contributed by atoms with van der Waals surface area (Å²) in [6.07, 6.45) is 2.73. The molecule has 0 saturated heterocycles.